The molecule has 4 rings (SSSR count). The van der Waals surface area contributed by atoms with Crippen LogP contribution in [0.4, 0.5) is 0 Å². The van der Waals surface area contributed by atoms with Crippen LogP contribution in [-0.2, 0) is 13.1 Å². The van der Waals surface area contributed by atoms with Crippen LogP contribution in [0.1, 0.15) is 12.5 Å². The molecule has 0 aliphatic heterocycles. The van der Waals surface area contributed by atoms with Gasteiger partial charge in [-0.3, -0.25) is 19.0 Å². The van der Waals surface area contributed by atoms with Gasteiger partial charge in [-0.2, -0.15) is 15.3 Å². The van der Waals surface area contributed by atoms with Gasteiger partial charge in [0.15, 0.2) is 10.6 Å². The summed E-state index contributed by atoms with van der Waals surface area (Å²) in [5.74, 6) is 0.684. The van der Waals surface area contributed by atoms with E-state index in [1.807, 2.05) is 40.7 Å². The first-order valence-electron chi connectivity index (χ1n) is 8.22. The lowest BCUT2D eigenvalue weighted by atomic mass is 10.2. The summed E-state index contributed by atoms with van der Waals surface area (Å²) < 4.78 is 5.94. The Kier molecular flexibility index (Phi) is 4.86. The zero-order valence-corrected chi connectivity index (χ0v) is 16.6. The summed E-state index contributed by atoms with van der Waals surface area (Å²) in [5, 5.41) is 17.1. The number of nitrogens with zero attached hydrogens (tertiary/aromatic N) is 6. The first-order chi connectivity index (χ1) is 13.0. The second-order valence-electron chi connectivity index (χ2n) is 5.90. The van der Waals surface area contributed by atoms with Crippen LogP contribution in [0.2, 0.25) is 10.0 Å². The summed E-state index contributed by atoms with van der Waals surface area (Å²) in [5.41, 5.74) is 2.60. The maximum absolute atomic E-state index is 6.26. The molecule has 0 atom stereocenters. The fourth-order valence-electron chi connectivity index (χ4n) is 2.76. The number of hydrogen-bond acceptors (Lipinski definition) is 4. The molecule has 0 spiro atoms. The monoisotopic (exact) mass is 419 g/mol. The molecule has 3 aromatic heterocycles. The summed E-state index contributed by atoms with van der Waals surface area (Å²) in [4.78, 5) is 0. The Bertz CT molecular complexity index is 1150. The van der Waals surface area contributed by atoms with Gasteiger partial charge in [0.2, 0.25) is 0 Å². The van der Waals surface area contributed by atoms with Crippen molar-refractivity contribution in [1.29, 1.82) is 0 Å². The standard InChI is InChI=1S/C17H15Cl2N7S/c1-2-24-9-12(6-20-24)16-22-23-17(27)26(16)14-7-21-25(10-14)8-11-3-4-13(18)5-15(11)19/h3-7,9-10H,2,8H2,1H3,(H,23,27). The number of halogens is 2. The number of benzene rings is 1. The topological polar surface area (TPSA) is 69.2 Å². The van der Waals surface area contributed by atoms with Gasteiger partial charge in [-0.1, -0.05) is 29.3 Å². The molecule has 1 N–H and O–H groups in total. The third-order valence-corrected chi connectivity index (χ3v) is 4.97. The van der Waals surface area contributed by atoms with Crippen LogP contribution in [0, 0.1) is 4.77 Å². The molecule has 0 aliphatic carbocycles. The third kappa shape index (κ3) is 3.55. The minimum Gasteiger partial charge on any atom is -0.272 e. The number of H-pyrrole nitrogens is 1. The summed E-state index contributed by atoms with van der Waals surface area (Å²) in [6, 6.07) is 5.42. The lowest BCUT2D eigenvalue weighted by Crippen LogP contribution is -2.01. The fraction of sp³-hybridized carbons (Fsp3) is 0.176. The van der Waals surface area contributed by atoms with Crippen molar-refractivity contribution in [2.45, 2.75) is 20.0 Å². The van der Waals surface area contributed by atoms with Gasteiger partial charge in [-0.05, 0) is 36.8 Å². The lowest BCUT2D eigenvalue weighted by molar-refractivity contribution is 0.660. The lowest BCUT2D eigenvalue weighted by Gasteiger charge is -2.05. The zero-order chi connectivity index (χ0) is 19.0. The van der Waals surface area contributed by atoms with Crippen LogP contribution in [0.5, 0.6) is 0 Å². The van der Waals surface area contributed by atoms with Crippen molar-refractivity contribution in [2.75, 3.05) is 0 Å². The van der Waals surface area contributed by atoms with E-state index < -0.39 is 0 Å². The molecule has 0 amide bonds. The van der Waals surface area contributed by atoms with Crippen molar-refractivity contribution in [2.24, 2.45) is 0 Å². The van der Waals surface area contributed by atoms with Crippen molar-refractivity contribution in [3.8, 4) is 17.1 Å². The van der Waals surface area contributed by atoms with E-state index in [9.17, 15) is 0 Å². The Labute approximate surface area is 170 Å². The highest BCUT2D eigenvalue weighted by Gasteiger charge is 2.14. The van der Waals surface area contributed by atoms with Gasteiger partial charge in [0.05, 0.1) is 30.2 Å². The number of aromatic amines is 1. The van der Waals surface area contributed by atoms with Crippen LogP contribution in [-0.4, -0.2) is 34.3 Å². The molecule has 1 aromatic carbocycles. The first kappa shape index (κ1) is 18.0. The van der Waals surface area contributed by atoms with Gasteiger partial charge in [-0.25, -0.2) is 0 Å². The van der Waals surface area contributed by atoms with Gasteiger partial charge in [0.25, 0.3) is 0 Å². The Hall–Kier alpha value is -2.42. The molecule has 0 saturated carbocycles. The number of aryl methyl sites for hydroxylation is 1. The average molecular weight is 420 g/mol. The molecular weight excluding hydrogens is 405 g/mol. The maximum atomic E-state index is 6.26. The second-order valence-corrected chi connectivity index (χ2v) is 7.13. The smallest absolute Gasteiger partial charge is 0.200 e. The molecule has 0 saturated heterocycles. The Morgan fingerprint density at radius 3 is 2.67 bits per heavy atom. The Morgan fingerprint density at radius 2 is 1.93 bits per heavy atom. The predicted octanol–water partition coefficient (Wildman–Crippen LogP) is 4.36. The molecule has 0 bridgehead atoms. The van der Waals surface area contributed by atoms with Gasteiger partial charge < -0.3 is 0 Å². The van der Waals surface area contributed by atoms with Crippen molar-refractivity contribution < 1.29 is 0 Å². The number of hydrogen-bond donors (Lipinski definition) is 1. The summed E-state index contributed by atoms with van der Waals surface area (Å²) in [7, 11) is 0. The van der Waals surface area contributed by atoms with Gasteiger partial charge in [0, 0.05) is 29.0 Å². The number of nitrogens with one attached hydrogen (secondary N) is 1. The molecule has 138 valence electrons. The van der Waals surface area contributed by atoms with Gasteiger partial charge in [-0.15, -0.1) is 0 Å². The largest absolute Gasteiger partial charge is 0.272 e. The summed E-state index contributed by atoms with van der Waals surface area (Å²) in [6.45, 7) is 3.33. The average Bonchev–Trinajstić information content (AvgIpc) is 3.36. The zero-order valence-electron chi connectivity index (χ0n) is 14.3. The fourth-order valence-corrected chi connectivity index (χ4v) is 3.47. The van der Waals surface area contributed by atoms with E-state index in [1.165, 1.54) is 0 Å². The summed E-state index contributed by atoms with van der Waals surface area (Å²) in [6.07, 6.45) is 7.33. The molecule has 0 aliphatic rings. The van der Waals surface area contributed by atoms with Gasteiger partial charge >= 0.3 is 0 Å². The molecule has 7 nitrogen and oxygen atoms in total. The van der Waals surface area contributed by atoms with E-state index in [2.05, 4.69) is 20.4 Å². The molecule has 4 aromatic rings. The van der Waals surface area contributed by atoms with Crippen LogP contribution < -0.4 is 0 Å². The van der Waals surface area contributed by atoms with Crippen LogP contribution in [0.15, 0.2) is 43.0 Å². The number of rotatable bonds is 5. The van der Waals surface area contributed by atoms with Crippen molar-refractivity contribution in [3.63, 3.8) is 0 Å². The molecule has 27 heavy (non-hydrogen) atoms. The summed E-state index contributed by atoms with van der Waals surface area (Å²) >= 11 is 17.6. The highest BCUT2D eigenvalue weighted by atomic mass is 35.5. The van der Waals surface area contributed by atoms with E-state index in [-0.39, 0.29) is 0 Å². The van der Waals surface area contributed by atoms with E-state index in [1.54, 1.807) is 23.1 Å². The quantitative estimate of drug-likeness (QED) is 0.487. The van der Waals surface area contributed by atoms with Crippen molar-refractivity contribution in [3.05, 3.63) is 63.4 Å². The predicted molar refractivity (Wildman–Crippen MR) is 107 cm³/mol. The minimum absolute atomic E-state index is 0.485. The molecule has 10 heteroatoms. The van der Waals surface area contributed by atoms with E-state index >= 15 is 0 Å². The van der Waals surface area contributed by atoms with Crippen molar-refractivity contribution >= 4 is 35.4 Å². The maximum Gasteiger partial charge on any atom is 0.200 e. The third-order valence-electron chi connectivity index (χ3n) is 4.11. The highest BCUT2D eigenvalue weighted by Crippen LogP contribution is 2.23. The Morgan fingerprint density at radius 1 is 1.11 bits per heavy atom. The van der Waals surface area contributed by atoms with Crippen LogP contribution in [0.25, 0.3) is 17.1 Å². The first-order valence-corrected chi connectivity index (χ1v) is 9.38. The SMILES string of the molecule is CCn1cc(-c2n[nH]c(=S)n2-c2cnn(Cc3ccc(Cl)cc3Cl)c2)cn1. The molecule has 3 heterocycles. The van der Waals surface area contributed by atoms with E-state index in [0.717, 1.165) is 23.4 Å². The van der Waals surface area contributed by atoms with Gasteiger partial charge in [0.1, 0.15) is 0 Å². The molecule has 0 unspecified atom stereocenters. The normalized spacial score (nSPS) is 11.2. The van der Waals surface area contributed by atoms with Crippen LogP contribution in [0.3, 0.4) is 0 Å². The highest BCUT2D eigenvalue weighted by molar-refractivity contribution is 7.71. The Balaban J connectivity index is 1.67. The molecular formula is C17H15Cl2N7S. The molecule has 0 radical (unpaired) electrons. The second kappa shape index (κ2) is 7.30. The van der Waals surface area contributed by atoms with E-state index in [0.29, 0.717) is 27.2 Å². The van der Waals surface area contributed by atoms with E-state index in [4.69, 9.17) is 35.4 Å². The van der Waals surface area contributed by atoms with Crippen LogP contribution >= 0.6 is 35.4 Å². The minimum atomic E-state index is 0.485. The number of aromatic nitrogens is 7. The molecule has 0 fully saturated rings. The van der Waals surface area contributed by atoms with Crippen molar-refractivity contribution in [1.82, 2.24) is 34.3 Å².